The van der Waals surface area contributed by atoms with Crippen molar-refractivity contribution in [3.63, 3.8) is 0 Å². The lowest BCUT2D eigenvalue weighted by Crippen LogP contribution is -2.58. The number of amides is 2. The minimum atomic E-state index is -0.635. The SMILES string of the molecule is C=C1C(=O)[C@H](CC2CCN(C)C2=O)N1C(=O)OC(C)(C)C. The average Bonchev–Trinajstić information content (AvgIpc) is 2.67. The number of rotatable bonds is 2. The molecule has 2 amide bonds. The Balaban J connectivity index is 2.04. The van der Waals surface area contributed by atoms with Gasteiger partial charge in [-0.05, 0) is 33.6 Å². The Labute approximate surface area is 124 Å². The Morgan fingerprint density at radius 3 is 2.48 bits per heavy atom. The summed E-state index contributed by atoms with van der Waals surface area (Å²) < 4.78 is 5.28. The van der Waals surface area contributed by atoms with Crippen molar-refractivity contribution in [3.05, 3.63) is 12.3 Å². The van der Waals surface area contributed by atoms with Gasteiger partial charge in [-0.3, -0.25) is 14.5 Å². The monoisotopic (exact) mass is 294 g/mol. The van der Waals surface area contributed by atoms with Crippen molar-refractivity contribution in [3.8, 4) is 0 Å². The molecular formula is C15H22N2O4. The number of carbonyl (C=O) groups excluding carboxylic acids is 3. The second kappa shape index (κ2) is 5.16. The van der Waals surface area contributed by atoms with Crippen LogP contribution in [0.15, 0.2) is 12.3 Å². The maximum absolute atomic E-state index is 12.1. The average molecular weight is 294 g/mol. The fraction of sp³-hybridized carbons (Fsp3) is 0.667. The second-order valence-corrected chi connectivity index (χ2v) is 6.66. The molecular weight excluding hydrogens is 272 g/mol. The van der Waals surface area contributed by atoms with E-state index in [0.29, 0.717) is 19.4 Å². The Morgan fingerprint density at radius 1 is 1.38 bits per heavy atom. The van der Waals surface area contributed by atoms with E-state index in [2.05, 4.69) is 6.58 Å². The zero-order valence-corrected chi connectivity index (χ0v) is 13.0. The van der Waals surface area contributed by atoms with E-state index < -0.39 is 17.7 Å². The number of hydrogen-bond donors (Lipinski definition) is 0. The number of Topliss-reactive ketones (excluding diaryl/α,β-unsaturated/α-hetero) is 1. The van der Waals surface area contributed by atoms with Gasteiger partial charge in [0, 0.05) is 19.5 Å². The van der Waals surface area contributed by atoms with Crippen molar-refractivity contribution >= 4 is 17.8 Å². The van der Waals surface area contributed by atoms with Crippen molar-refractivity contribution in [1.82, 2.24) is 9.80 Å². The van der Waals surface area contributed by atoms with Crippen molar-refractivity contribution < 1.29 is 19.1 Å². The molecule has 0 saturated carbocycles. The normalized spacial score (nSPS) is 26.2. The van der Waals surface area contributed by atoms with E-state index in [1.807, 2.05) is 0 Å². The predicted molar refractivity (Wildman–Crippen MR) is 76.4 cm³/mol. The molecule has 0 aromatic carbocycles. The van der Waals surface area contributed by atoms with E-state index in [9.17, 15) is 14.4 Å². The maximum Gasteiger partial charge on any atom is 0.415 e. The predicted octanol–water partition coefficient (Wildman–Crippen LogP) is 1.56. The molecule has 0 aromatic rings. The zero-order chi connectivity index (χ0) is 15.9. The van der Waals surface area contributed by atoms with Crippen molar-refractivity contribution in [1.29, 1.82) is 0 Å². The van der Waals surface area contributed by atoms with Crippen LogP contribution in [0.1, 0.15) is 33.6 Å². The summed E-state index contributed by atoms with van der Waals surface area (Å²) in [7, 11) is 1.75. The fourth-order valence-corrected chi connectivity index (χ4v) is 2.69. The highest BCUT2D eigenvalue weighted by atomic mass is 16.6. The third-order valence-electron chi connectivity index (χ3n) is 3.83. The van der Waals surface area contributed by atoms with Gasteiger partial charge in [0.05, 0.1) is 5.70 Å². The highest BCUT2D eigenvalue weighted by Crippen LogP contribution is 2.33. The van der Waals surface area contributed by atoms with Gasteiger partial charge in [-0.1, -0.05) is 6.58 Å². The van der Waals surface area contributed by atoms with Crippen molar-refractivity contribution in [2.24, 2.45) is 5.92 Å². The summed E-state index contributed by atoms with van der Waals surface area (Å²) in [5.74, 6) is -0.352. The van der Waals surface area contributed by atoms with E-state index >= 15 is 0 Å². The van der Waals surface area contributed by atoms with E-state index in [1.54, 1.807) is 32.7 Å². The highest BCUT2D eigenvalue weighted by molar-refractivity contribution is 6.10. The molecule has 21 heavy (non-hydrogen) atoms. The number of nitrogens with zero attached hydrogens (tertiary/aromatic N) is 2. The summed E-state index contributed by atoms with van der Waals surface area (Å²) in [6, 6.07) is -0.618. The minimum Gasteiger partial charge on any atom is -0.443 e. The molecule has 0 spiro atoms. The molecule has 2 heterocycles. The van der Waals surface area contributed by atoms with Gasteiger partial charge in [0.1, 0.15) is 11.6 Å². The quantitative estimate of drug-likeness (QED) is 0.725. The summed E-state index contributed by atoms with van der Waals surface area (Å²) in [6.07, 6.45) is 0.490. The van der Waals surface area contributed by atoms with Gasteiger partial charge in [0.2, 0.25) is 11.7 Å². The van der Waals surface area contributed by atoms with Gasteiger partial charge in [-0.2, -0.15) is 0 Å². The molecule has 2 atom stereocenters. The molecule has 2 fully saturated rings. The van der Waals surface area contributed by atoms with Crippen molar-refractivity contribution in [2.75, 3.05) is 13.6 Å². The third kappa shape index (κ3) is 2.94. The lowest BCUT2D eigenvalue weighted by atomic mass is 9.88. The maximum atomic E-state index is 12.1. The molecule has 116 valence electrons. The standard InChI is InChI=1S/C15H22N2O4/c1-9-12(18)11(8-10-6-7-16(5)13(10)19)17(9)14(20)21-15(2,3)4/h10-11H,1,6-8H2,2-5H3/t10?,11-/m0/s1. The lowest BCUT2D eigenvalue weighted by molar-refractivity contribution is -0.133. The van der Waals surface area contributed by atoms with Crippen LogP contribution in [0.2, 0.25) is 0 Å². The summed E-state index contributed by atoms with van der Waals surface area (Å²) >= 11 is 0. The molecule has 0 bridgehead atoms. The number of ketones is 1. The molecule has 0 aliphatic carbocycles. The van der Waals surface area contributed by atoms with Gasteiger partial charge in [0.25, 0.3) is 0 Å². The molecule has 0 N–H and O–H groups in total. The van der Waals surface area contributed by atoms with Crippen LogP contribution in [0.4, 0.5) is 4.79 Å². The minimum absolute atomic E-state index is 0.0319. The van der Waals surface area contributed by atoms with Crippen LogP contribution in [0.5, 0.6) is 0 Å². The van der Waals surface area contributed by atoms with Gasteiger partial charge >= 0.3 is 6.09 Å². The van der Waals surface area contributed by atoms with Crippen LogP contribution in [0.3, 0.4) is 0 Å². The van der Waals surface area contributed by atoms with E-state index in [0.717, 1.165) is 0 Å². The van der Waals surface area contributed by atoms with E-state index in [-0.39, 0.29) is 23.3 Å². The largest absolute Gasteiger partial charge is 0.443 e. The Kier molecular flexibility index (Phi) is 3.82. The summed E-state index contributed by atoms with van der Waals surface area (Å²) in [5, 5.41) is 0. The summed E-state index contributed by atoms with van der Waals surface area (Å²) in [4.78, 5) is 38.9. The molecule has 2 rings (SSSR count). The summed E-state index contributed by atoms with van der Waals surface area (Å²) in [6.45, 7) is 9.60. The van der Waals surface area contributed by atoms with Crippen LogP contribution in [-0.2, 0) is 14.3 Å². The van der Waals surface area contributed by atoms with Crippen LogP contribution in [-0.4, -0.2) is 52.8 Å². The molecule has 0 radical (unpaired) electrons. The topological polar surface area (TPSA) is 66.9 Å². The Hall–Kier alpha value is -1.85. The number of hydrogen-bond acceptors (Lipinski definition) is 4. The van der Waals surface area contributed by atoms with Crippen LogP contribution in [0.25, 0.3) is 0 Å². The molecule has 6 heteroatoms. The lowest BCUT2D eigenvalue weighted by Gasteiger charge is -2.41. The van der Waals surface area contributed by atoms with Gasteiger partial charge in [-0.25, -0.2) is 4.79 Å². The van der Waals surface area contributed by atoms with Crippen LogP contribution in [0, 0.1) is 5.92 Å². The molecule has 2 aliphatic heterocycles. The molecule has 2 saturated heterocycles. The Bertz CT molecular complexity index is 506. The Morgan fingerprint density at radius 2 is 2.00 bits per heavy atom. The molecule has 0 aromatic heterocycles. The number of likely N-dealkylation sites (tertiary alicyclic amines) is 2. The first-order valence-corrected chi connectivity index (χ1v) is 7.12. The van der Waals surface area contributed by atoms with Crippen LogP contribution >= 0.6 is 0 Å². The van der Waals surface area contributed by atoms with E-state index in [1.165, 1.54) is 4.90 Å². The third-order valence-corrected chi connectivity index (χ3v) is 3.83. The van der Waals surface area contributed by atoms with Crippen molar-refractivity contribution in [2.45, 2.75) is 45.3 Å². The van der Waals surface area contributed by atoms with Gasteiger partial charge in [0.15, 0.2) is 0 Å². The van der Waals surface area contributed by atoms with Gasteiger partial charge in [-0.15, -0.1) is 0 Å². The second-order valence-electron chi connectivity index (χ2n) is 6.66. The van der Waals surface area contributed by atoms with Crippen LogP contribution < -0.4 is 0 Å². The first-order valence-electron chi connectivity index (χ1n) is 7.12. The fourth-order valence-electron chi connectivity index (χ4n) is 2.69. The molecule has 2 aliphatic rings. The number of carbonyl (C=O) groups is 3. The number of ether oxygens (including phenoxy) is 1. The first-order chi connectivity index (χ1) is 9.61. The highest BCUT2D eigenvalue weighted by Gasteiger charge is 2.48. The smallest absolute Gasteiger partial charge is 0.415 e. The molecule has 6 nitrogen and oxygen atoms in total. The first kappa shape index (κ1) is 15.5. The zero-order valence-electron chi connectivity index (χ0n) is 13.0. The molecule has 1 unspecified atom stereocenters. The van der Waals surface area contributed by atoms with Gasteiger partial charge < -0.3 is 9.64 Å². The van der Waals surface area contributed by atoms with E-state index in [4.69, 9.17) is 4.74 Å². The summed E-state index contributed by atoms with van der Waals surface area (Å²) in [5.41, 5.74) is -0.489.